The molecule has 0 saturated carbocycles. The highest BCUT2D eigenvalue weighted by Crippen LogP contribution is 2.20. The average molecular weight is 268 g/mol. The smallest absolute Gasteiger partial charge is 0.274 e. The van der Waals surface area contributed by atoms with E-state index in [2.05, 4.69) is 19.7 Å². The maximum absolute atomic E-state index is 7.15. The topological polar surface area (TPSA) is 58.9 Å². The summed E-state index contributed by atoms with van der Waals surface area (Å²) >= 11 is 0. The summed E-state index contributed by atoms with van der Waals surface area (Å²) in [6, 6.07) is 0. The molecule has 0 aliphatic carbocycles. The Kier molecular flexibility index (Phi) is 22.3. The molecular formula is C10H22O4P2. The normalized spacial score (nSPS) is 7.38. The van der Waals surface area contributed by atoms with Crippen molar-refractivity contribution in [2.45, 2.75) is 27.7 Å². The molecule has 96 valence electrons. The van der Waals surface area contributed by atoms with Crippen molar-refractivity contribution in [2.24, 2.45) is 0 Å². The fraction of sp³-hybridized carbons (Fsp3) is 0.400. The third-order valence-electron chi connectivity index (χ3n) is 0.432. The van der Waals surface area contributed by atoms with Crippen molar-refractivity contribution in [3.63, 3.8) is 0 Å². The molecule has 0 aromatic rings. The Balaban J connectivity index is -0.000000201. The summed E-state index contributed by atoms with van der Waals surface area (Å²) in [4.78, 5) is 14.3. The fourth-order valence-corrected chi connectivity index (χ4v) is 0.489. The average Bonchev–Trinajstić information content (AvgIpc) is 2.02. The summed E-state index contributed by atoms with van der Waals surface area (Å²) in [5.41, 5.74) is 1.17. The van der Waals surface area contributed by atoms with E-state index in [1.165, 1.54) is 5.57 Å². The minimum atomic E-state index is -0.917. The lowest BCUT2D eigenvalue weighted by Gasteiger charge is -2.03. The van der Waals surface area contributed by atoms with Gasteiger partial charge in [-0.1, -0.05) is 18.7 Å². The van der Waals surface area contributed by atoms with E-state index in [1.54, 1.807) is 13.8 Å². The second-order valence-corrected chi connectivity index (χ2v) is 3.77. The Labute approximate surface area is 102 Å². The molecule has 4 nitrogen and oxygen atoms in total. The van der Waals surface area contributed by atoms with Gasteiger partial charge in [0.1, 0.15) is 9.03 Å². The van der Waals surface area contributed by atoms with Crippen LogP contribution in [0.2, 0.25) is 0 Å². The molecule has 0 aromatic carbocycles. The zero-order valence-electron chi connectivity index (χ0n) is 10.3. The molecule has 6 heteroatoms. The zero-order valence-corrected chi connectivity index (χ0v) is 12.3. The van der Waals surface area contributed by atoms with E-state index in [-0.39, 0.29) is 9.03 Å². The van der Waals surface area contributed by atoms with Gasteiger partial charge in [0, 0.05) is 0 Å². The number of hydrogen-bond acceptors (Lipinski definition) is 4. The Morgan fingerprint density at radius 1 is 0.875 bits per heavy atom. The van der Waals surface area contributed by atoms with E-state index in [0.717, 1.165) is 0 Å². The van der Waals surface area contributed by atoms with Crippen LogP contribution in [-0.2, 0) is 9.05 Å². The zero-order chi connectivity index (χ0) is 13.6. The molecule has 0 amide bonds. The lowest BCUT2D eigenvalue weighted by Crippen LogP contribution is -1.74. The van der Waals surface area contributed by atoms with Gasteiger partial charge in [0.2, 0.25) is 0 Å². The van der Waals surface area contributed by atoms with Crippen LogP contribution in [0.4, 0.5) is 0 Å². The van der Waals surface area contributed by atoms with Gasteiger partial charge in [0.25, 0.3) is 9.03 Å². The number of hydrogen-bond donors (Lipinski definition) is 2. The first-order chi connectivity index (χ1) is 7.27. The van der Waals surface area contributed by atoms with Crippen LogP contribution >= 0.6 is 18.1 Å². The van der Waals surface area contributed by atoms with E-state index in [9.17, 15) is 0 Å². The standard InChI is InChI=1S/C6H11O2P.C4H8.H3O2P/c1-5(2)7-9-8-6(3)4;1-4(2)3;1-3-2/h9H,1,3H2,2,4H3;1H2,2-3H3;1-3H. The van der Waals surface area contributed by atoms with E-state index in [4.69, 9.17) is 18.8 Å². The Hall–Kier alpha value is -0.400. The maximum Gasteiger partial charge on any atom is 0.274 e. The maximum atomic E-state index is 7.15. The molecule has 0 aliphatic rings. The van der Waals surface area contributed by atoms with E-state index >= 15 is 0 Å². The van der Waals surface area contributed by atoms with Crippen molar-refractivity contribution in [2.75, 3.05) is 0 Å². The highest BCUT2D eigenvalue weighted by Gasteiger charge is 1.86. The summed E-state index contributed by atoms with van der Waals surface area (Å²) < 4.78 is 9.81. The lowest BCUT2D eigenvalue weighted by atomic mass is 10.4. The largest absolute Gasteiger partial charge is 0.446 e. The van der Waals surface area contributed by atoms with Crippen molar-refractivity contribution >= 4 is 18.1 Å². The SMILES string of the molecule is C=C(C)C.C=C(C)OPOC(=C)C.OPO. The highest BCUT2D eigenvalue weighted by atomic mass is 31.1. The summed E-state index contributed by atoms with van der Waals surface area (Å²) in [6.07, 6.45) is 0. The fourth-order valence-electron chi connectivity index (χ4n) is 0.163. The molecule has 2 N–H and O–H groups in total. The van der Waals surface area contributed by atoms with Crippen molar-refractivity contribution in [1.82, 2.24) is 0 Å². The number of allylic oxidation sites excluding steroid dienone is 3. The van der Waals surface area contributed by atoms with E-state index in [1.807, 2.05) is 13.8 Å². The van der Waals surface area contributed by atoms with Crippen LogP contribution < -0.4 is 0 Å². The van der Waals surface area contributed by atoms with Gasteiger partial charge in [-0.2, -0.15) is 0 Å². The molecule has 0 bridgehead atoms. The molecule has 0 aromatic heterocycles. The molecular weight excluding hydrogens is 246 g/mol. The van der Waals surface area contributed by atoms with Crippen molar-refractivity contribution < 1.29 is 18.8 Å². The van der Waals surface area contributed by atoms with Gasteiger partial charge in [-0.05, 0) is 27.7 Å². The molecule has 0 spiro atoms. The summed E-state index contributed by atoms with van der Waals surface area (Å²) in [6.45, 7) is 18.1. The molecule has 0 heterocycles. The quantitative estimate of drug-likeness (QED) is 0.464. The molecule has 0 rings (SSSR count). The minimum Gasteiger partial charge on any atom is -0.446 e. The van der Waals surface area contributed by atoms with Crippen molar-refractivity contribution in [1.29, 1.82) is 0 Å². The highest BCUT2D eigenvalue weighted by molar-refractivity contribution is 7.26. The molecule has 16 heavy (non-hydrogen) atoms. The third kappa shape index (κ3) is 68.9. The van der Waals surface area contributed by atoms with Crippen LogP contribution in [0.15, 0.2) is 36.8 Å². The number of rotatable bonds is 4. The summed E-state index contributed by atoms with van der Waals surface area (Å²) in [5.74, 6) is 1.32. The molecule has 0 aliphatic heterocycles. The van der Waals surface area contributed by atoms with Gasteiger partial charge in [-0.3, -0.25) is 0 Å². The molecule has 0 radical (unpaired) electrons. The van der Waals surface area contributed by atoms with Crippen LogP contribution in [0.5, 0.6) is 0 Å². The van der Waals surface area contributed by atoms with Crippen LogP contribution in [0.25, 0.3) is 0 Å². The van der Waals surface area contributed by atoms with Gasteiger partial charge in [-0.15, -0.1) is 6.58 Å². The van der Waals surface area contributed by atoms with Gasteiger partial charge in [-0.25, -0.2) is 0 Å². The monoisotopic (exact) mass is 268 g/mol. The molecule has 0 fully saturated rings. The van der Waals surface area contributed by atoms with Crippen molar-refractivity contribution in [3.05, 3.63) is 36.8 Å². The van der Waals surface area contributed by atoms with E-state index in [0.29, 0.717) is 11.5 Å². The van der Waals surface area contributed by atoms with Gasteiger partial charge < -0.3 is 18.8 Å². The van der Waals surface area contributed by atoms with Gasteiger partial charge in [0.05, 0.1) is 11.5 Å². The van der Waals surface area contributed by atoms with Gasteiger partial charge >= 0.3 is 0 Å². The van der Waals surface area contributed by atoms with Gasteiger partial charge in [0.15, 0.2) is 0 Å². The third-order valence-corrected chi connectivity index (χ3v) is 1.30. The van der Waals surface area contributed by atoms with Crippen molar-refractivity contribution in [3.8, 4) is 0 Å². The van der Waals surface area contributed by atoms with Crippen LogP contribution in [0.3, 0.4) is 0 Å². The minimum absolute atomic E-state index is 0.00617. The Bertz CT molecular complexity index is 187. The summed E-state index contributed by atoms with van der Waals surface area (Å²) in [7, 11) is -0.923. The first-order valence-electron chi connectivity index (χ1n) is 4.32. The van der Waals surface area contributed by atoms with Crippen LogP contribution in [0.1, 0.15) is 27.7 Å². The first kappa shape index (κ1) is 20.9. The molecule has 0 atom stereocenters. The molecule has 0 saturated heterocycles. The Morgan fingerprint density at radius 3 is 1.19 bits per heavy atom. The summed E-state index contributed by atoms with van der Waals surface area (Å²) in [5, 5.41) is 0. The van der Waals surface area contributed by atoms with E-state index < -0.39 is 9.03 Å². The predicted octanol–water partition coefficient (Wildman–Crippen LogP) is 3.66. The second kappa shape index (κ2) is 17.0. The molecule has 0 unspecified atom stereocenters. The lowest BCUT2D eigenvalue weighted by molar-refractivity contribution is 0.381. The first-order valence-corrected chi connectivity index (χ1v) is 6.04. The van der Waals surface area contributed by atoms with Crippen LogP contribution in [-0.4, -0.2) is 9.79 Å². The second-order valence-electron chi connectivity index (χ2n) is 3.00. The Morgan fingerprint density at radius 2 is 1.06 bits per heavy atom. The predicted molar refractivity (Wildman–Crippen MR) is 73.4 cm³/mol. The van der Waals surface area contributed by atoms with Crippen LogP contribution in [0, 0.1) is 0 Å².